The number of hydrazine groups is 1. The Morgan fingerprint density at radius 3 is 3.00 bits per heavy atom. The number of piperidine rings is 1. The first kappa shape index (κ1) is 12.6. The van der Waals surface area contributed by atoms with Crippen LogP contribution >= 0.6 is 11.3 Å². The molecule has 19 heavy (non-hydrogen) atoms. The van der Waals surface area contributed by atoms with E-state index in [1.807, 2.05) is 0 Å². The lowest BCUT2D eigenvalue weighted by atomic mass is 9.84. The van der Waals surface area contributed by atoms with Crippen molar-refractivity contribution in [1.29, 1.82) is 0 Å². The number of thiophene rings is 1. The van der Waals surface area contributed by atoms with Gasteiger partial charge in [-0.1, -0.05) is 13.8 Å². The quantitative estimate of drug-likeness (QED) is 0.652. The van der Waals surface area contributed by atoms with Gasteiger partial charge in [-0.3, -0.25) is 5.43 Å². The van der Waals surface area contributed by atoms with Gasteiger partial charge in [0, 0.05) is 13.1 Å². The summed E-state index contributed by atoms with van der Waals surface area (Å²) in [5.41, 5.74) is 2.90. The van der Waals surface area contributed by atoms with Crippen LogP contribution in [0, 0.1) is 5.41 Å². The highest BCUT2D eigenvalue weighted by molar-refractivity contribution is 7.16. The molecule has 1 aliphatic rings. The zero-order valence-corrected chi connectivity index (χ0v) is 12.1. The van der Waals surface area contributed by atoms with Crippen LogP contribution < -0.4 is 16.2 Å². The first-order valence-electron chi connectivity index (χ1n) is 6.56. The van der Waals surface area contributed by atoms with E-state index in [0.717, 1.165) is 29.1 Å². The number of nitrogens with zero attached hydrogens (tertiary/aromatic N) is 3. The fraction of sp³-hybridized carbons (Fsp3) is 0.538. The summed E-state index contributed by atoms with van der Waals surface area (Å²) >= 11 is 1.62. The first-order chi connectivity index (χ1) is 9.09. The number of rotatable bonds is 2. The van der Waals surface area contributed by atoms with E-state index in [2.05, 4.69) is 45.6 Å². The Bertz CT molecular complexity index is 592. The molecular weight excluding hydrogens is 258 g/mol. The predicted octanol–water partition coefficient (Wildman–Crippen LogP) is 2.60. The van der Waals surface area contributed by atoms with Gasteiger partial charge in [0.2, 0.25) is 5.95 Å². The van der Waals surface area contributed by atoms with Gasteiger partial charge in [0.25, 0.3) is 0 Å². The van der Waals surface area contributed by atoms with E-state index in [9.17, 15) is 0 Å². The summed E-state index contributed by atoms with van der Waals surface area (Å²) in [5, 5.41) is 3.18. The molecule has 3 heterocycles. The van der Waals surface area contributed by atoms with Gasteiger partial charge < -0.3 is 4.90 Å². The minimum atomic E-state index is 0.335. The molecule has 0 radical (unpaired) electrons. The summed E-state index contributed by atoms with van der Waals surface area (Å²) in [5.74, 6) is 6.97. The number of nitrogens with two attached hydrogens (primary N) is 1. The molecule has 1 aliphatic heterocycles. The van der Waals surface area contributed by atoms with Gasteiger partial charge in [-0.2, -0.15) is 4.98 Å². The Morgan fingerprint density at radius 1 is 1.42 bits per heavy atom. The number of aromatic nitrogens is 2. The number of nitrogen functional groups attached to an aromatic ring is 1. The average molecular weight is 277 g/mol. The molecule has 0 bridgehead atoms. The minimum absolute atomic E-state index is 0.335. The topological polar surface area (TPSA) is 67.1 Å². The van der Waals surface area contributed by atoms with Crippen LogP contribution in [0.15, 0.2) is 11.4 Å². The SMILES string of the molecule is CC1(C)CCCN(c2nc(NN)nc3sccc23)C1. The molecule has 0 saturated carbocycles. The maximum Gasteiger partial charge on any atom is 0.240 e. The third-order valence-electron chi connectivity index (χ3n) is 3.63. The number of hydrogen-bond acceptors (Lipinski definition) is 6. The summed E-state index contributed by atoms with van der Waals surface area (Å²) < 4.78 is 0. The van der Waals surface area contributed by atoms with E-state index < -0.39 is 0 Å². The molecule has 0 amide bonds. The maximum atomic E-state index is 5.47. The summed E-state index contributed by atoms with van der Waals surface area (Å²) in [6.45, 7) is 6.70. The molecule has 0 aromatic carbocycles. The molecule has 0 atom stereocenters. The highest BCUT2D eigenvalue weighted by Gasteiger charge is 2.28. The van der Waals surface area contributed by atoms with Gasteiger partial charge in [0.15, 0.2) is 0 Å². The van der Waals surface area contributed by atoms with Crippen molar-refractivity contribution < 1.29 is 0 Å². The largest absolute Gasteiger partial charge is 0.355 e. The van der Waals surface area contributed by atoms with Gasteiger partial charge in [-0.25, -0.2) is 10.8 Å². The molecule has 0 aliphatic carbocycles. The maximum absolute atomic E-state index is 5.47. The second-order valence-electron chi connectivity index (χ2n) is 5.84. The molecule has 5 nitrogen and oxygen atoms in total. The van der Waals surface area contributed by atoms with E-state index >= 15 is 0 Å². The summed E-state index contributed by atoms with van der Waals surface area (Å²) in [7, 11) is 0. The summed E-state index contributed by atoms with van der Waals surface area (Å²) in [6.07, 6.45) is 2.47. The molecule has 0 unspecified atom stereocenters. The zero-order valence-electron chi connectivity index (χ0n) is 11.3. The molecule has 2 aromatic rings. The van der Waals surface area contributed by atoms with E-state index in [1.165, 1.54) is 12.8 Å². The van der Waals surface area contributed by atoms with Crippen LogP contribution in [0.4, 0.5) is 11.8 Å². The van der Waals surface area contributed by atoms with Crippen LogP contribution in [0.25, 0.3) is 10.2 Å². The summed E-state index contributed by atoms with van der Waals surface area (Å²) in [4.78, 5) is 12.3. The van der Waals surface area contributed by atoms with Crippen LogP contribution in [-0.4, -0.2) is 23.1 Å². The standard InChI is InChI=1S/C13H19N5S/c1-13(2)5-3-6-18(8-13)10-9-4-7-19-11(9)16-12(15-10)17-14/h4,7H,3,5-6,8,14H2,1-2H3,(H,15,16,17). The van der Waals surface area contributed by atoms with Crippen molar-refractivity contribution in [1.82, 2.24) is 9.97 Å². The van der Waals surface area contributed by atoms with Crippen LogP contribution in [0.1, 0.15) is 26.7 Å². The number of anilines is 2. The Kier molecular flexibility index (Phi) is 3.06. The lowest BCUT2D eigenvalue weighted by Crippen LogP contribution is -2.40. The summed E-state index contributed by atoms with van der Waals surface area (Å²) in [6, 6.07) is 2.09. The minimum Gasteiger partial charge on any atom is -0.355 e. The van der Waals surface area contributed by atoms with Crippen LogP contribution in [0.3, 0.4) is 0 Å². The highest BCUT2D eigenvalue weighted by Crippen LogP contribution is 2.35. The molecule has 1 fully saturated rings. The average Bonchev–Trinajstić information content (AvgIpc) is 2.84. The molecule has 3 rings (SSSR count). The third-order valence-corrected chi connectivity index (χ3v) is 4.44. The van der Waals surface area contributed by atoms with Crippen molar-refractivity contribution in [2.45, 2.75) is 26.7 Å². The third kappa shape index (κ3) is 2.37. The normalized spacial score (nSPS) is 18.8. The van der Waals surface area contributed by atoms with Gasteiger partial charge in [-0.15, -0.1) is 11.3 Å². The number of nitrogens with one attached hydrogen (secondary N) is 1. The van der Waals surface area contributed by atoms with Crippen molar-refractivity contribution in [3.8, 4) is 0 Å². The van der Waals surface area contributed by atoms with Crippen LogP contribution in [0.2, 0.25) is 0 Å². The molecular formula is C13H19N5S. The van der Waals surface area contributed by atoms with Crippen molar-refractivity contribution in [3.63, 3.8) is 0 Å². The highest BCUT2D eigenvalue weighted by atomic mass is 32.1. The molecule has 3 N–H and O–H groups in total. The monoisotopic (exact) mass is 277 g/mol. The van der Waals surface area contributed by atoms with Crippen molar-refractivity contribution in [3.05, 3.63) is 11.4 Å². The predicted molar refractivity (Wildman–Crippen MR) is 80.5 cm³/mol. The molecule has 1 saturated heterocycles. The smallest absolute Gasteiger partial charge is 0.240 e. The second kappa shape index (κ2) is 4.61. The van der Waals surface area contributed by atoms with Gasteiger partial charge in [0.1, 0.15) is 10.6 Å². The first-order valence-corrected chi connectivity index (χ1v) is 7.44. The Balaban J connectivity index is 2.05. The van der Waals surface area contributed by atoms with E-state index in [0.29, 0.717) is 11.4 Å². The van der Waals surface area contributed by atoms with Gasteiger partial charge in [0.05, 0.1) is 5.39 Å². The molecule has 102 valence electrons. The van der Waals surface area contributed by atoms with Crippen LogP contribution in [0.5, 0.6) is 0 Å². The van der Waals surface area contributed by atoms with Crippen LogP contribution in [-0.2, 0) is 0 Å². The Morgan fingerprint density at radius 2 is 2.26 bits per heavy atom. The molecule has 0 spiro atoms. The van der Waals surface area contributed by atoms with Gasteiger partial charge >= 0.3 is 0 Å². The zero-order chi connectivity index (χ0) is 13.5. The lowest BCUT2D eigenvalue weighted by molar-refractivity contribution is 0.292. The molecule has 6 heteroatoms. The van der Waals surface area contributed by atoms with E-state index in [4.69, 9.17) is 5.84 Å². The number of fused-ring (bicyclic) bond motifs is 1. The van der Waals surface area contributed by atoms with Crippen molar-refractivity contribution >= 4 is 33.3 Å². The Labute approximate surface area is 116 Å². The molecule has 2 aromatic heterocycles. The van der Waals surface area contributed by atoms with E-state index in [-0.39, 0.29) is 0 Å². The van der Waals surface area contributed by atoms with Gasteiger partial charge in [-0.05, 0) is 29.7 Å². The van der Waals surface area contributed by atoms with Crippen molar-refractivity contribution in [2.75, 3.05) is 23.4 Å². The second-order valence-corrected chi connectivity index (χ2v) is 6.74. The number of hydrogen-bond donors (Lipinski definition) is 2. The van der Waals surface area contributed by atoms with Crippen molar-refractivity contribution in [2.24, 2.45) is 11.3 Å². The Hall–Kier alpha value is -1.40. The van der Waals surface area contributed by atoms with E-state index in [1.54, 1.807) is 11.3 Å². The fourth-order valence-electron chi connectivity index (χ4n) is 2.75. The lowest BCUT2D eigenvalue weighted by Gasteiger charge is -2.39. The fourth-order valence-corrected chi connectivity index (χ4v) is 3.51.